The minimum absolute atomic E-state index is 0.861. The van der Waals surface area contributed by atoms with Gasteiger partial charge in [-0.3, -0.25) is 0 Å². The van der Waals surface area contributed by atoms with Crippen LogP contribution in [0.5, 0.6) is 0 Å². The van der Waals surface area contributed by atoms with E-state index in [9.17, 15) is 0 Å². The van der Waals surface area contributed by atoms with Crippen LogP contribution in [0.4, 0.5) is 5.13 Å². The zero-order chi connectivity index (χ0) is 10.8. The lowest BCUT2D eigenvalue weighted by Crippen LogP contribution is -2.18. The average molecular weight is 218 g/mol. The van der Waals surface area contributed by atoms with Gasteiger partial charge < -0.3 is 4.90 Å². The molecule has 3 heteroatoms. The molecule has 0 radical (unpaired) electrons. The Kier molecular flexibility index (Phi) is 2.73. The van der Waals surface area contributed by atoms with Crippen molar-refractivity contribution in [1.82, 2.24) is 4.98 Å². The van der Waals surface area contributed by atoms with Gasteiger partial charge in [-0.05, 0) is 19.1 Å². The molecule has 0 aliphatic rings. The summed E-state index contributed by atoms with van der Waals surface area (Å²) < 4.78 is 1.24. The molecule has 1 aromatic carbocycles. The molecule has 78 valence electrons. The second-order valence-electron chi connectivity index (χ2n) is 3.78. The van der Waals surface area contributed by atoms with Crippen LogP contribution in [0.15, 0.2) is 36.4 Å². The standard InChI is InChI=1S/C12H14N2S/c1-9(2)8-14(3)12-13-10-6-4-5-7-11(10)15-12/h4-7H,1,8H2,2-3H3. The fourth-order valence-electron chi connectivity index (χ4n) is 1.50. The first-order valence-corrected chi connectivity index (χ1v) is 5.69. The van der Waals surface area contributed by atoms with Crippen LogP contribution in [0.25, 0.3) is 10.2 Å². The number of hydrogen-bond acceptors (Lipinski definition) is 3. The number of thiazole rings is 1. The van der Waals surface area contributed by atoms with E-state index in [4.69, 9.17) is 0 Å². The van der Waals surface area contributed by atoms with Crippen molar-refractivity contribution in [2.45, 2.75) is 6.92 Å². The third-order valence-electron chi connectivity index (χ3n) is 2.12. The van der Waals surface area contributed by atoms with Gasteiger partial charge in [0.15, 0.2) is 5.13 Å². The second kappa shape index (κ2) is 4.03. The highest BCUT2D eigenvalue weighted by Gasteiger charge is 2.07. The Hall–Kier alpha value is -1.35. The number of rotatable bonds is 3. The molecule has 0 atom stereocenters. The van der Waals surface area contributed by atoms with E-state index in [2.05, 4.69) is 22.5 Å². The molecule has 0 amide bonds. The van der Waals surface area contributed by atoms with Gasteiger partial charge in [-0.1, -0.05) is 35.6 Å². The zero-order valence-electron chi connectivity index (χ0n) is 9.03. The van der Waals surface area contributed by atoms with Gasteiger partial charge in [0, 0.05) is 13.6 Å². The Bertz CT molecular complexity index is 454. The lowest BCUT2D eigenvalue weighted by atomic mass is 10.3. The molecule has 0 aliphatic carbocycles. The van der Waals surface area contributed by atoms with E-state index >= 15 is 0 Å². The Morgan fingerprint density at radius 1 is 1.47 bits per heavy atom. The first-order valence-electron chi connectivity index (χ1n) is 4.88. The number of likely N-dealkylation sites (N-methyl/N-ethyl adjacent to an activating group) is 1. The van der Waals surface area contributed by atoms with Crippen LogP contribution in [-0.4, -0.2) is 18.6 Å². The first kappa shape index (κ1) is 10.2. The maximum absolute atomic E-state index is 4.57. The van der Waals surface area contributed by atoms with Crippen molar-refractivity contribution < 1.29 is 0 Å². The van der Waals surface area contributed by atoms with E-state index in [1.54, 1.807) is 11.3 Å². The summed E-state index contributed by atoms with van der Waals surface area (Å²) in [5, 5.41) is 1.05. The monoisotopic (exact) mass is 218 g/mol. The van der Waals surface area contributed by atoms with E-state index in [1.807, 2.05) is 32.2 Å². The summed E-state index contributed by atoms with van der Waals surface area (Å²) in [5.41, 5.74) is 2.22. The highest BCUT2D eigenvalue weighted by Crippen LogP contribution is 2.27. The molecule has 2 rings (SSSR count). The number of nitrogens with zero attached hydrogens (tertiary/aromatic N) is 2. The van der Waals surface area contributed by atoms with Gasteiger partial charge in [-0.2, -0.15) is 0 Å². The first-order chi connectivity index (χ1) is 7.16. The molecular formula is C12H14N2S. The zero-order valence-corrected chi connectivity index (χ0v) is 9.84. The van der Waals surface area contributed by atoms with Crippen molar-refractivity contribution in [1.29, 1.82) is 0 Å². The quantitative estimate of drug-likeness (QED) is 0.735. The summed E-state index contributed by atoms with van der Waals surface area (Å²) in [7, 11) is 2.05. The molecule has 1 heterocycles. The van der Waals surface area contributed by atoms with E-state index < -0.39 is 0 Å². The molecule has 0 fully saturated rings. The van der Waals surface area contributed by atoms with Crippen molar-refractivity contribution >= 4 is 26.7 Å². The van der Waals surface area contributed by atoms with E-state index in [0.29, 0.717) is 0 Å². The topological polar surface area (TPSA) is 16.1 Å². The number of aromatic nitrogens is 1. The highest BCUT2D eigenvalue weighted by atomic mass is 32.1. The summed E-state index contributed by atoms with van der Waals surface area (Å²) in [4.78, 5) is 6.70. The van der Waals surface area contributed by atoms with Crippen molar-refractivity contribution in [3.8, 4) is 0 Å². The number of para-hydroxylation sites is 1. The fourth-order valence-corrected chi connectivity index (χ4v) is 2.42. The van der Waals surface area contributed by atoms with Gasteiger partial charge in [0.05, 0.1) is 10.2 Å². The molecule has 0 bridgehead atoms. The third-order valence-corrected chi connectivity index (χ3v) is 3.27. The van der Waals surface area contributed by atoms with Gasteiger partial charge >= 0.3 is 0 Å². The molecule has 0 saturated heterocycles. The Morgan fingerprint density at radius 2 is 2.20 bits per heavy atom. The average Bonchev–Trinajstić information content (AvgIpc) is 2.59. The van der Waals surface area contributed by atoms with E-state index in [1.165, 1.54) is 4.70 Å². The molecule has 0 spiro atoms. The van der Waals surface area contributed by atoms with Crippen molar-refractivity contribution in [2.24, 2.45) is 0 Å². The molecule has 0 aliphatic heterocycles. The molecular weight excluding hydrogens is 204 g/mol. The normalized spacial score (nSPS) is 10.5. The largest absolute Gasteiger partial charge is 0.347 e. The van der Waals surface area contributed by atoms with Gasteiger partial charge in [0.25, 0.3) is 0 Å². The van der Waals surface area contributed by atoms with Crippen LogP contribution in [0.3, 0.4) is 0 Å². The summed E-state index contributed by atoms with van der Waals surface area (Å²) in [6, 6.07) is 8.21. The fraction of sp³-hybridized carbons (Fsp3) is 0.250. The van der Waals surface area contributed by atoms with Crippen LogP contribution in [-0.2, 0) is 0 Å². The minimum Gasteiger partial charge on any atom is -0.347 e. The van der Waals surface area contributed by atoms with Gasteiger partial charge in [-0.15, -0.1) is 0 Å². The van der Waals surface area contributed by atoms with Gasteiger partial charge in [0.2, 0.25) is 0 Å². The number of hydrogen-bond donors (Lipinski definition) is 0. The maximum Gasteiger partial charge on any atom is 0.186 e. The van der Waals surface area contributed by atoms with Crippen molar-refractivity contribution in [3.05, 3.63) is 36.4 Å². The molecule has 2 nitrogen and oxygen atoms in total. The van der Waals surface area contributed by atoms with Crippen LogP contribution in [0.2, 0.25) is 0 Å². The third kappa shape index (κ3) is 2.18. The Balaban J connectivity index is 2.32. The summed E-state index contributed by atoms with van der Waals surface area (Å²) in [5.74, 6) is 0. The molecule has 2 aromatic rings. The summed E-state index contributed by atoms with van der Waals surface area (Å²) in [6.07, 6.45) is 0. The minimum atomic E-state index is 0.861. The molecule has 0 saturated carbocycles. The summed E-state index contributed by atoms with van der Waals surface area (Å²) in [6.45, 7) is 6.80. The molecule has 15 heavy (non-hydrogen) atoms. The predicted octanol–water partition coefficient (Wildman–Crippen LogP) is 3.31. The van der Waals surface area contributed by atoms with Crippen LogP contribution < -0.4 is 4.90 Å². The lowest BCUT2D eigenvalue weighted by Gasteiger charge is -2.14. The lowest BCUT2D eigenvalue weighted by molar-refractivity contribution is 0.978. The summed E-state index contributed by atoms with van der Waals surface area (Å²) >= 11 is 1.72. The van der Waals surface area contributed by atoms with Gasteiger partial charge in [-0.25, -0.2) is 4.98 Å². The van der Waals surface area contributed by atoms with E-state index in [-0.39, 0.29) is 0 Å². The maximum atomic E-state index is 4.57. The molecule has 0 unspecified atom stereocenters. The van der Waals surface area contributed by atoms with Crippen LogP contribution >= 0.6 is 11.3 Å². The SMILES string of the molecule is C=C(C)CN(C)c1nc2ccccc2s1. The van der Waals surface area contributed by atoms with Crippen LogP contribution in [0, 0.1) is 0 Å². The molecule has 1 aromatic heterocycles. The van der Waals surface area contributed by atoms with Crippen LogP contribution in [0.1, 0.15) is 6.92 Å². The number of anilines is 1. The Labute approximate surface area is 93.9 Å². The van der Waals surface area contributed by atoms with Crippen molar-refractivity contribution in [2.75, 3.05) is 18.5 Å². The number of fused-ring (bicyclic) bond motifs is 1. The van der Waals surface area contributed by atoms with E-state index in [0.717, 1.165) is 22.8 Å². The predicted molar refractivity (Wildman–Crippen MR) is 67.7 cm³/mol. The number of benzene rings is 1. The van der Waals surface area contributed by atoms with Gasteiger partial charge in [0.1, 0.15) is 0 Å². The highest BCUT2D eigenvalue weighted by molar-refractivity contribution is 7.22. The smallest absolute Gasteiger partial charge is 0.186 e. The molecule has 0 N–H and O–H groups in total. The Morgan fingerprint density at radius 3 is 2.87 bits per heavy atom. The second-order valence-corrected chi connectivity index (χ2v) is 4.79. The van der Waals surface area contributed by atoms with Crippen molar-refractivity contribution in [3.63, 3.8) is 0 Å².